The van der Waals surface area contributed by atoms with Gasteiger partial charge < -0.3 is 9.64 Å². The predicted molar refractivity (Wildman–Crippen MR) is 60.6 cm³/mol. The van der Waals surface area contributed by atoms with E-state index in [1.54, 1.807) is 0 Å². The zero-order valence-corrected chi connectivity index (χ0v) is 10.6. The van der Waals surface area contributed by atoms with Crippen molar-refractivity contribution in [2.75, 3.05) is 13.6 Å². The highest BCUT2D eigenvalue weighted by atomic mass is 16.5. The van der Waals surface area contributed by atoms with Crippen LogP contribution in [0, 0.1) is 0 Å². The van der Waals surface area contributed by atoms with E-state index in [4.69, 9.17) is 4.74 Å². The Morgan fingerprint density at radius 2 is 1.71 bits per heavy atom. The number of likely N-dealkylation sites (tertiary alicyclic amines) is 1. The molecule has 0 saturated carbocycles. The molecular weight excluding hydrogens is 174 g/mol. The minimum absolute atomic E-state index is 0.0382. The summed E-state index contributed by atoms with van der Waals surface area (Å²) in [6.45, 7) is 12.0. The van der Waals surface area contributed by atoms with Gasteiger partial charge in [0.05, 0.1) is 11.2 Å². The minimum atomic E-state index is -0.0487. The van der Waals surface area contributed by atoms with Crippen molar-refractivity contribution in [3.05, 3.63) is 0 Å². The number of nitrogens with zero attached hydrogens (tertiary/aromatic N) is 1. The van der Waals surface area contributed by atoms with E-state index in [0.29, 0.717) is 6.04 Å². The lowest BCUT2D eigenvalue weighted by molar-refractivity contribution is -0.141. The number of hydrogen-bond acceptors (Lipinski definition) is 2. The van der Waals surface area contributed by atoms with Crippen LogP contribution in [0.4, 0.5) is 0 Å². The van der Waals surface area contributed by atoms with E-state index < -0.39 is 0 Å². The lowest BCUT2D eigenvalue weighted by Crippen LogP contribution is -2.49. The molecule has 0 aromatic rings. The molecule has 0 aromatic carbocycles. The van der Waals surface area contributed by atoms with Crippen molar-refractivity contribution in [2.24, 2.45) is 0 Å². The van der Waals surface area contributed by atoms with Crippen LogP contribution in [0.15, 0.2) is 0 Å². The molecule has 0 spiro atoms. The van der Waals surface area contributed by atoms with E-state index in [1.807, 2.05) is 0 Å². The van der Waals surface area contributed by atoms with Gasteiger partial charge in [0, 0.05) is 6.04 Å². The van der Waals surface area contributed by atoms with Gasteiger partial charge in [0.2, 0.25) is 0 Å². The lowest BCUT2D eigenvalue weighted by Gasteiger charge is -2.40. The highest BCUT2D eigenvalue weighted by Gasteiger charge is 2.38. The van der Waals surface area contributed by atoms with Crippen LogP contribution in [0.1, 0.15) is 47.5 Å². The SMILES string of the molecule is CN1CCC[C@H]1C(C)(C)OC(C)(C)C. The van der Waals surface area contributed by atoms with Gasteiger partial charge in [-0.05, 0) is 61.1 Å². The zero-order chi connectivity index (χ0) is 11.0. The Morgan fingerprint density at radius 1 is 1.14 bits per heavy atom. The monoisotopic (exact) mass is 199 g/mol. The molecule has 2 nitrogen and oxygen atoms in total. The maximum absolute atomic E-state index is 6.14. The quantitative estimate of drug-likeness (QED) is 0.678. The Morgan fingerprint density at radius 3 is 2.07 bits per heavy atom. The molecule has 14 heavy (non-hydrogen) atoms. The summed E-state index contributed by atoms with van der Waals surface area (Å²) in [6, 6.07) is 0.571. The molecule has 1 atom stereocenters. The van der Waals surface area contributed by atoms with Crippen molar-refractivity contribution in [1.82, 2.24) is 4.90 Å². The summed E-state index contributed by atoms with van der Waals surface area (Å²) in [7, 11) is 2.20. The molecule has 0 aromatic heterocycles. The van der Waals surface area contributed by atoms with Crippen molar-refractivity contribution in [3.63, 3.8) is 0 Å². The second-order valence-corrected chi connectivity index (χ2v) is 5.96. The Hall–Kier alpha value is -0.0800. The first-order valence-corrected chi connectivity index (χ1v) is 5.63. The number of hydrogen-bond donors (Lipinski definition) is 0. The molecule has 0 N–H and O–H groups in total. The third-order valence-corrected chi connectivity index (χ3v) is 2.89. The normalized spacial score (nSPS) is 25.7. The summed E-state index contributed by atoms with van der Waals surface area (Å²) in [5, 5.41) is 0. The first kappa shape index (κ1) is 12.0. The van der Waals surface area contributed by atoms with E-state index in [9.17, 15) is 0 Å². The fourth-order valence-corrected chi connectivity index (χ4v) is 2.65. The van der Waals surface area contributed by atoms with Crippen molar-refractivity contribution < 1.29 is 4.74 Å². The van der Waals surface area contributed by atoms with Crippen LogP contribution in [-0.2, 0) is 4.74 Å². The molecule has 0 bridgehead atoms. The van der Waals surface area contributed by atoms with Crippen molar-refractivity contribution in [1.29, 1.82) is 0 Å². The fraction of sp³-hybridized carbons (Fsp3) is 1.00. The third-order valence-electron chi connectivity index (χ3n) is 2.89. The number of rotatable bonds is 2. The van der Waals surface area contributed by atoms with Crippen LogP contribution in [0.3, 0.4) is 0 Å². The maximum Gasteiger partial charge on any atom is 0.0787 e. The van der Waals surface area contributed by atoms with Crippen LogP contribution < -0.4 is 0 Å². The third kappa shape index (κ3) is 2.96. The molecule has 0 unspecified atom stereocenters. The van der Waals surface area contributed by atoms with Crippen molar-refractivity contribution >= 4 is 0 Å². The second-order valence-electron chi connectivity index (χ2n) is 5.96. The van der Waals surface area contributed by atoms with E-state index in [2.05, 4.69) is 46.6 Å². The van der Waals surface area contributed by atoms with Gasteiger partial charge in [-0.2, -0.15) is 0 Å². The topological polar surface area (TPSA) is 12.5 Å². The average Bonchev–Trinajstić information content (AvgIpc) is 2.29. The molecule has 1 heterocycles. The van der Waals surface area contributed by atoms with Gasteiger partial charge in [0.15, 0.2) is 0 Å². The predicted octanol–water partition coefficient (Wildman–Crippen LogP) is 2.67. The van der Waals surface area contributed by atoms with Gasteiger partial charge in [0.1, 0.15) is 0 Å². The number of likely N-dealkylation sites (N-methyl/N-ethyl adjacent to an activating group) is 1. The highest BCUT2D eigenvalue weighted by Crippen LogP contribution is 2.31. The first-order chi connectivity index (χ1) is 6.22. The molecule has 1 aliphatic heterocycles. The maximum atomic E-state index is 6.14. The molecule has 0 amide bonds. The smallest absolute Gasteiger partial charge is 0.0787 e. The molecule has 1 rings (SSSR count). The summed E-state index contributed by atoms with van der Waals surface area (Å²) in [5.41, 5.74) is -0.0869. The standard InChI is InChI=1S/C12H25NO/c1-11(2,3)14-12(4,5)10-8-7-9-13(10)6/h10H,7-9H2,1-6H3/t10-/m0/s1. The van der Waals surface area contributed by atoms with Gasteiger partial charge >= 0.3 is 0 Å². The largest absolute Gasteiger partial charge is 0.368 e. The Labute approximate surface area is 88.6 Å². The average molecular weight is 199 g/mol. The van der Waals surface area contributed by atoms with Gasteiger partial charge in [0.25, 0.3) is 0 Å². The molecule has 0 aliphatic carbocycles. The fourth-order valence-electron chi connectivity index (χ4n) is 2.65. The Kier molecular flexibility index (Phi) is 3.27. The molecule has 2 heteroatoms. The van der Waals surface area contributed by atoms with E-state index in [0.717, 1.165) is 0 Å². The van der Waals surface area contributed by atoms with Crippen molar-refractivity contribution in [2.45, 2.75) is 64.7 Å². The van der Waals surface area contributed by atoms with Gasteiger partial charge in [-0.15, -0.1) is 0 Å². The number of ether oxygens (including phenoxy) is 1. The van der Waals surface area contributed by atoms with Crippen LogP contribution >= 0.6 is 0 Å². The Bertz CT molecular complexity index is 193. The van der Waals surface area contributed by atoms with Gasteiger partial charge in [-0.1, -0.05) is 0 Å². The van der Waals surface area contributed by atoms with Crippen LogP contribution in [-0.4, -0.2) is 35.7 Å². The Balaban J connectivity index is 2.64. The summed E-state index contributed by atoms with van der Waals surface area (Å²) in [6.07, 6.45) is 2.57. The van der Waals surface area contributed by atoms with Crippen molar-refractivity contribution in [3.8, 4) is 0 Å². The molecule has 84 valence electrons. The first-order valence-electron chi connectivity index (χ1n) is 5.63. The van der Waals surface area contributed by atoms with E-state index in [-0.39, 0.29) is 11.2 Å². The zero-order valence-electron chi connectivity index (χ0n) is 10.6. The highest BCUT2D eigenvalue weighted by molar-refractivity contribution is 4.92. The summed E-state index contributed by atoms with van der Waals surface area (Å²) >= 11 is 0. The van der Waals surface area contributed by atoms with Crippen LogP contribution in [0.5, 0.6) is 0 Å². The van der Waals surface area contributed by atoms with Gasteiger partial charge in [-0.25, -0.2) is 0 Å². The molecular formula is C12H25NO. The molecule has 1 aliphatic rings. The molecule has 0 radical (unpaired) electrons. The van der Waals surface area contributed by atoms with Crippen LogP contribution in [0.25, 0.3) is 0 Å². The van der Waals surface area contributed by atoms with Crippen LogP contribution in [0.2, 0.25) is 0 Å². The summed E-state index contributed by atoms with van der Waals surface area (Å²) in [5.74, 6) is 0. The van der Waals surface area contributed by atoms with E-state index in [1.165, 1.54) is 19.4 Å². The summed E-state index contributed by atoms with van der Waals surface area (Å²) < 4.78 is 6.14. The molecule has 1 fully saturated rings. The minimum Gasteiger partial charge on any atom is -0.368 e. The van der Waals surface area contributed by atoms with E-state index >= 15 is 0 Å². The lowest BCUT2D eigenvalue weighted by atomic mass is 9.95. The second kappa shape index (κ2) is 3.82. The van der Waals surface area contributed by atoms with Gasteiger partial charge in [-0.3, -0.25) is 0 Å². The molecule has 1 saturated heterocycles. The summed E-state index contributed by atoms with van der Waals surface area (Å²) in [4.78, 5) is 2.42.